The number of fused-ring (bicyclic) bond motifs is 1. The van der Waals surface area contributed by atoms with Crippen LogP contribution in [0.4, 0.5) is 0 Å². The summed E-state index contributed by atoms with van der Waals surface area (Å²) in [6.07, 6.45) is -26.8. The van der Waals surface area contributed by atoms with Gasteiger partial charge in [0.25, 0.3) is 0 Å². The average molecular weight is 1210 g/mol. The van der Waals surface area contributed by atoms with Gasteiger partial charge >= 0.3 is 35.2 Å². The van der Waals surface area contributed by atoms with Crippen molar-refractivity contribution in [1.82, 2.24) is 0 Å². The Kier molecular flexibility index (Phi) is 20.3. The SMILES string of the molecule is COc1cc(/C=C/C(=O)OC2C(OC3C(Oc4cc5c(OC6OC(COC(=O)CC(=O)O)C(O)C(O)C6O)cc(O)cc5[o+]c4-c4ccc(O)c(O)c4)OC(COC(=O)/C=C/c4ccc(O)cc4)C(O)C3O)OC(CO)C(O)C2O)cc(OC)c1O. The number of carbonyl (C=O) groups excluding carboxylic acids is 3. The van der Waals surface area contributed by atoms with E-state index in [0.717, 1.165) is 42.5 Å². The van der Waals surface area contributed by atoms with E-state index in [2.05, 4.69) is 0 Å². The van der Waals surface area contributed by atoms with Crippen molar-refractivity contribution in [3.05, 3.63) is 96.1 Å². The van der Waals surface area contributed by atoms with E-state index >= 15 is 0 Å². The Morgan fingerprint density at radius 1 is 0.558 bits per heavy atom. The topological polar surface area (TPSA) is 464 Å². The fraction of sp³-hybridized carbons (Fsp3) is 0.375. The molecule has 462 valence electrons. The highest BCUT2D eigenvalue weighted by Crippen LogP contribution is 2.44. The number of rotatable bonds is 21. The predicted octanol–water partition coefficient (Wildman–Crippen LogP) is -0.338. The van der Waals surface area contributed by atoms with Crippen LogP contribution in [0.25, 0.3) is 34.4 Å². The summed E-state index contributed by atoms with van der Waals surface area (Å²) in [5.41, 5.74) is 0.296. The number of methoxy groups -OCH3 is 2. The smallest absolute Gasteiger partial charge is 0.402 e. The number of aliphatic hydroxyl groups is 8. The maximum absolute atomic E-state index is 13.6. The molecule has 3 aliphatic rings. The monoisotopic (exact) mass is 1210 g/mol. The maximum Gasteiger partial charge on any atom is 0.402 e. The first kappa shape index (κ1) is 63.4. The number of ether oxygens (including phenoxy) is 11. The third kappa shape index (κ3) is 14.7. The predicted molar refractivity (Wildman–Crippen MR) is 284 cm³/mol. The molecule has 14 N–H and O–H groups in total. The summed E-state index contributed by atoms with van der Waals surface area (Å²) in [6.45, 7) is -2.68. The molecule has 15 unspecified atom stereocenters. The fourth-order valence-electron chi connectivity index (χ4n) is 9.01. The summed E-state index contributed by atoms with van der Waals surface area (Å²) in [5.74, 6) is -8.79. The third-order valence-electron chi connectivity index (χ3n) is 13.5. The van der Waals surface area contributed by atoms with Gasteiger partial charge in [-0.05, 0) is 59.7 Å². The summed E-state index contributed by atoms with van der Waals surface area (Å²) in [4.78, 5) is 49.7. The van der Waals surface area contributed by atoms with Crippen molar-refractivity contribution < 1.29 is 147 Å². The van der Waals surface area contributed by atoms with Crippen molar-refractivity contribution in [3.8, 4) is 63.1 Å². The van der Waals surface area contributed by atoms with Crippen molar-refractivity contribution >= 4 is 47.0 Å². The van der Waals surface area contributed by atoms with Gasteiger partial charge < -0.3 is 124 Å². The molecule has 3 fully saturated rings. The van der Waals surface area contributed by atoms with Crippen LogP contribution in [0, 0.1) is 0 Å². The Hall–Kier alpha value is -8.63. The second-order valence-corrected chi connectivity index (χ2v) is 19.4. The van der Waals surface area contributed by atoms with Crippen LogP contribution >= 0.6 is 0 Å². The van der Waals surface area contributed by atoms with Crippen molar-refractivity contribution in [2.45, 2.75) is 98.5 Å². The van der Waals surface area contributed by atoms with Gasteiger partial charge in [0.1, 0.15) is 103 Å². The first-order chi connectivity index (χ1) is 41.0. The van der Waals surface area contributed by atoms with Gasteiger partial charge in [0.05, 0.1) is 32.5 Å². The molecule has 30 nitrogen and oxygen atoms in total. The number of aliphatic carboxylic acids is 1. The Morgan fingerprint density at radius 3 is 1.80 bits per heavy atom. The zero-order chi connectivity index (χ0) is 62.3. The first-order valence-corrected chi connectivity index (χ1v) is 25.8. The number of aromatic hydroxyl groups is 5. The zero-order valence-corrected chi connectivity index (χ0v) is 45.0. The molecule has 0 amide bonds. The molecule has 4 aromatic carbocycles. The third-order valence-corrected chi connectivity index (χ3v) is 13.5. The molecule has 4 heterocycles. The van der Waals surface area contributed by atoms with Crippen LogP contribution < -0.4 is 18.9 Å². The summed E-state index contributed by atoms with van der Waals surface area (Å²) in [5, 5.41) is 150. The minimum Gasteiger partial charge on any atom is -0.508 e. The van der Waals surface area contributed by atoms with Crippen LogP contribution in [0.1, 0.15) is 17.5 Å². The molecule has 0 aliphatic carbocycles. The zero-order valence-electron chi connectivity index (χ0n) is 45.0. The number of aliphatic hydroxyl groups excluding tert-OH is 8. The highest BCUT2D eigenvalue weighted by molar-refractivity contribution is 5.91. The molecule has 3 saturated heterocycles. The van der Waals surface area contributed by atoms with E-state index in [-0.39, 0.29) is 45.1 Å². The fourth-order valence-corrected chi connectivity index (χ4v) is 9.01. The van der Waals surface area contributed by atoms with Gasteiger partial charge in [0.15, 0.2) is 41.5 Å². The van der Waals surface area contributed by atoms with E-state index in [1.807, 2.05) is 0 Å². The molecule has 30 heteroatoms. The minimum absolute atomic E-state index is 0.0427. The number of phenols is 5. The van der Waals surface area contributed by atoms with E-state index in [1.54, 1.807) is 0 Å². The Bertz CT molecular complexity index is 3270. The molecule has 5 aromatic rings. The van der Waals surface area contributed by atoms with E-state index in [0.29, 0.717) is 5.56 Å². The number of hydrogen-bond donors (Lipinski definition) is 14. The molecule has 1 aromatic heterocycles. The van der Waals surface area contributed by atoms with Gasteiger partial charge in [0, 0.05) is 30.4 Å². The van der Waals surface area contributed by atoms with Gasteiger partial charge in [0.2, 0.25) is 24.1 Å². The number of hydrogen-bond acceptors (Lipinski definition) is 28. The Labute approximate surface area is 484 Å². The van der Waals surface area contributed by atoms with Crippen LogP contribution in [0.15, 0.2) is 89.4 Å². The van der Waals surface area contributed by atoms with Crippen molar-refractivity contribution in [1.29, 1.82) is 0 Å². The highest BCUT2D eigenvalue weighted by atomic mass is 16.8. The van der Waals surface area contributed by atoms with Crippen molar-refractivity contribution in [3.63, 3.8) is 0 Å². The molecule has 0 radical (unpaired) electrons. The first-order valence-electron chi connectivity index (χ1n) is 25.8. The lowest BCUT2D eigenvalue weighted by molar-refractivity contribution is -0.358. The van der Waals surface area contributed by atoms with Gasteiger partial charge in [-0.1, -0.05) is 12.1 Å². The molecule has 15 atom stereocenters. The molecule has 0 bridgehead atoms. The minimum atomic E-state index is -2.24. The van der Waals surface area contributed by atoms with Crippen LogP contribution in [0.3, 0.4) is 0 Å². The molecule has 0 spiro atoms. The standard InChI is InChI=1S/C56H58O30/c1-75-33-13-24(14-34(76-2)43(33)67)6-12-41(65)85-52-48(72)44(68)36(20-57)82-56(52)86-53-49(73)46(70)38(21-77-40(64)11-5-23-3-8-26(58)9-4-23)84-55(53)81-35-18-28-31(79-51(35)25-7-10-29(60)30(61)15-25)16-27(59)17-32(28)80-54-50(74)47(71)45(69)37(83-54)22-78-42(66)19-39(62)63/h3-18,36-38,44-50,52-57,68-74H,19-22H2,1-2H3,(H5-,58,59,60,61,62,63,64,65,67)/p+1. The van der Waals surface area contributed by atoms with E-state index in [4.69, 9.17) is 61.6 Å². The summed E-state index contributed by atoms with van der Waals surface area (Å²) < 4.78 is 68.7. The van der Waals surface area contributed by atoms with E-state index in [1.165, 1.54) is 68.8 Å². The lowest BCUT2D eigenvalue weighted by Gasteiger charge is -2.46. The lowest BCUT2D eigenvalue weighted by atomic mass is 9.97. The highest BCUT2D eigenvalue weighted by Gasteiger charge is 2.54. The summed E-state index contributed by atoms with van der Waals surface area (Å²) >= 11 is 0. The molecule has 0 saturated carbocycles. The van der Waals surface area contributed by atoms with Gasteiger partial charge in [-0.3, -0.25) is 9.59 Å². The van der Waals surface area contributed by atoms with Crippen molar-refractivity contribution in [2.24, 2.45) is 0 Å². The van der Waals surface area contributed by atoms with E-state index in [9.17, 15) is 85.6 Å². The Balaban J connectivity index is 1.18. The quantitative estimate of drug-likeness (QED) is 0.0112. The largest absolute Gasteiger partial charge is 0.508 e. The van der Waals surface area contributed by atoms with Gasteiger partial charge in [-0.15, -0.1) is 0 Å². The number of carboxylic acid groups (broad SMARTS) is 1. The van der Waals surface area contributed by atoms with E-state index < -0.39 is 177 Å². The molecular weight excluding hydrogens is 1150 g/mol. The number of esters is 3. The van der Waals surface area contributed by atoms with Crippen LogP contribution in [0.2, 0.25) is 0 Å². The number of benzene rings is 4. The van der Waals surface area contributed by atoms with Crippen LogP contribution in [-0.4, -0.2) is 222 Å². The number of carbonyl (C=O) groups is 4. The normalized spacial score (nSPS) is 27.5. The Morgan fingerprint density at radius 2 is 1.15 bits per heavy atom. The van der Waals surface area contributed by atoms with Gasteiger partial charge in [-0.2, -0.15) is 0 Å². The number of phenolic OH excluding ortho intramolecular Hbond substituents is 5. The summed E-state index contributed by atoms with van der Waals surface area (Å²) in [6, 6.07) is 14.7. The maximum atomic E-state index is 13.6. The number of carboxylic acids is 1. The summed E-state index contributed by atoms with van der Waals surface area (Å²) in [7, 11) is 2.52. The lowest BCUT2D eigenvalue weighted by Crippen LogP contribution is -2.65. The second-order valence-electron chi connectivity index (χ2n) is 19.4. The van der Waals surface area contributed by atoms with Crippen LogP contribution in [0.5, 0.6) is 51.7 Å². The second kappa shape index (κ2) is 27.6. The average Bonchev–Trinajstić information content (AvgIpc) is 1.37. The van der Waals surface area contributed by atoms with Gasteiger partial charge in [-0.25, -0.2) is 14.0 Å². The molecule has 86 heavy (non-hydrogen) atoms. The molecule has 8 rings (SSSR count). The molecule has 3 aliphatic heterocycles. The van der Waals surface area contributed by atoms with Crippen LogP contribution in [-0.2, 0) is 52.3 Å². The molecular formula is C56H59O30+. The van der Waals surface area contributed by atoms with Crippen molar-refractivity contribution in [2.75, 3.05) is 34.0 Å².